The van der Waals surface area contributed by atoms with Crippen LogP contribution in [0.3, 0.4) is 0 Å². The third-order valence-electron chi connectivity index (χ3n) is 3.45. The topological polar surface area (TPSA) is 50.7 Å². The number of nitrogens with zero attached hydrogens (tertiary/aromatic N) is 3. The van der Waals surface area contributed by atoms with Gasteiger partial charge in [0.1, 0.15) is 5.82 Å². The number of benzene rings is 1. The Balaban J connectivity index is 1.59. The van der Waals surface area contributed by atoms with E-state index in [1.807, 2.05) is 12.3 Å². The maximum Gasteiger partial charge on any atom is 0.202 e. The van der Waals surface area contributed by atoms with Gasteiger partial charge in [-0.3, -0.25) is 4.98 Å². The van der Waals surface area contributed by atoms with Crippen LogP contribution in [0.15, 0.2) is 48.8 Å². The first kappa shape index (κ1) is 15.6. The Hall–Kier alpha value is -2.27. The van der Waals surface area contributed by atoms with Gasteiger partial charge in [-0.15, -0.1) is 0 Å². The molecule has 4 nitrogen and oxygen atoms in total. The second kappa shape index (κ2) is 7.33. The lowest BCUT2D eigenvalue weighted by Crippen LogP contribution is -2.00. The summed E-state index contributed by atoms with van der Waals surface area (Å²) in [5.74, 6) is 1.51. The van der Waals surface area contributed by atoms with Crippen LogP contribution in [0.4, 0.5) is 5.13 Å². The lowest BCUT2D eigenvalue weighted by molar-refractivity contribution is 0.627. The van der Waals surface area contributed by atoms with E-state index in [1.54, 1.807) is 6.20 Å². The Morgan fingerprint density at radius 1 is 1.09 bits per heavy atom. The van der Waals surface area contributed by atoms with Crippen LogP contribution in [0.1, 0.15) is 25.2 Å². The fourth-order valence-electron chi connectivity index (χ4n) is 2.30. The third-order valence-corrected chi connectivity index (χ3v) is 4.16. The van der Waals surface area contributed by atoms with Gasteiger partial charge in [0, 0.05) is 36.9 Å². The molecule has 0 saturated carbocycles. The predicted molar refractivity (Wildman–Crippen MR) is 95.5 cm³/mol. The summed E-state index contributed by atoms with van der Waals surface area (Å²) in [4.78, 5) is 8.67. The summed E-state index contributed by atoms with van der Waals surface area (Å²) in [6.07, 6.45) is 4.60. The molecule has 5 heteroatoms. The maximum atomic E-state index is 4.52. The lowest BCUT2D eigenvalue weighted by Gasteiger charge is -2.05. The molecule has 0 amide bonds. The van der Waals surface area contributed by atoms with Crippen LogP contribution in [-0.2, 0) is 13.0 Å². The Labute approximate surface area is 140 Å². The van der Waals surface area contributed by atoms with Crippen LogP contribution in [0, 0.1) is 5.92 Å². The third kappa shape index (κ3) is 4.36. The van der Waals surface area contributed by atoms with Crippen molar-refractivity contribution < 1.29 is 0 Å². The van der Waals surface area contributed by atoms with Gasteiger partial charge in [0.05, 0.1) is 0 Å². The fraction of sp³-hybridized carbons (Fsp3) is 0.278. The van der Waals surface area contributed by atoms with Gasteiger partial charge in [-0.25, -0.2) is 4.98 Å². The van der Waals surface area contributed by atoms with Crippen molar-refractivity contribution in [3.63, 3.8) is 0 Å². The molecule has 0 aliphatic rings. The first-order valence-electron chi connectivity index (χ1n) is 7.76. The molecule has 118 valence electrons. The molecule has 0 aliphatic heterocycles. The van der Waals surface area contributed by atoms with Crippen LogP contribution in [0.2, 0.25) is 0 Å². The maximum absolute atomic E-state index is 4.52. The highest BCUT2D eigenvalue weighted by Crippen LogP contribution is 2.19. The Morgan fingerprint density at radius 3 is 2.61 bits per heavy atom. The predicted octanol–water partition coefficient (Wildman–Crippen LogP) is 4.41. The molecular formula is C18H20N4S. The van der Waals surface area contributed by atoms with Gasteiger partial charge in [-0.2, -0.15) is 4.37 Å². The van der Waals surface area contributed by atoms with Crippen LogP contribution < -0.4 is 5.32 Å². The number of rotatable bonds is 6. The van der Waals surface area contributed by atoms with Gasteiger partial charge in [0.15, 0.2) is 0 Å². The second-order valence-electron chi connectivity index (χ2n) is 5.91. The van der Waals surface area contributed by atoms with E-state index < -0.39 is 0 Å². The molecule has 23 heavy (non-hydrogen) atoms. The number of hydrogen-bond acceptors (Lipinski definition) is 5. The average molecular weight is 324 g/mol. The summed E-state index contributed by atoms with van der Waals surface area (Å²) in [5, 5.41) is 4.23. The molecule has 0 unspecified atom stereocenters. The van der Waals surface area contributed by atoms with Crippen molar-refractivity contribution in [1.82, 2.24) is 14.3 Å². The van der Waals surface area contributed by atoms with Crippen molar-refractivity contribution in [2.45, 2.75) is 26.8 Å². The van der Waals surface area contributed by atoms with E-state index in [2.05, 4.69) is 63.8 Å². The number of nitrogens with one attached hydrogen (secondary N) is 1. The molecule has 0 aliphatic carbocycles. The summed E-state index contributed by atoms with van der Waals surface area (Å²) >= 11 is 1.43. The normalized spacial score (nSPS) is 10.9. The molecule has 1 N–H and O–H groups in total. The zero-order valence-electron chi connectivity index (χ0n) is 13.4. The summed E-state index contributed by atoms with van der Waals surface area (Å²) in [6.45, 7) is 5.11. The number of aromatic nitrogens is 3. The first-order valence-corrected chi connectivity index (χ1v) is 8.54. The first-order chi connectivity index (χ1) is 11.2. The number of anilines is 1. The largest absolute Gasteiger partial charge is 0.356 e. The summed E-state index contributed by atoms with van der Waals surface area (Å²) in [5.41, 5.74) is 3.53. The lowest BCUT2D eigenvalue weighted by atomic mass is 10.1. The van der Waals surface area contributed by atoms with E-state index in [4.69, 9.17) is 0 Å². The van der Waals surface area contributed by atoms with E-state index in [0.29, 0.717) is 5.92 Å². The van der Waals surface area contributed by atoms with Crippen LogP contribution in [0.25, 0.3) is 11.1 Å². The van der Waals surface area contributed by atoms with E-state index in [9.17, 15) is 0 Å². The minimum Gasteiger partial charge on any atom is -0.356 e. The van der Waals surface area contributed by atoms with Gasteiger partial charge >= 0.3 is 0 Å². The van der Waals surface area contributed by atoms with Gasteiger partial charge in [0.25, 0.3) is 0 Å². The van der Waals surface area contributed by atoms with Crippen molar-refractivity contribution in [3.8, 4) is 11.1 Å². The molecule has 3 rings (SSSR count). The van der Waals surface area contributed by atoms with Crippen molar-refractivity contribution in [1.29, 1.82) is 0 Å². The molecule has 0 bridgehead atoms. The molecule has 0 radical (unpaired) electrons. The van der Waals surface area contributed by atoms with Crippen molar-refractivity contribution in [3.05, 3.63) is 60.2 Å². The molecular weight excluding hydrogens is 304 g/mol. The van der Waals surface area contributed by atoms with Gasteiger partial charge < -0.3 is 5.32 Å². The number of hydrogen-bond donors (Lipinski definition) is 1. The minimum absolute atomic E-state index is 0.581. The zero-order valence-corrected chi connectivity index (χ0v) is 14.2. The standard InChI is InChI=1S/C18H20N4S/c1-13(2)10-17-21-18(23-22-17)20-11-14-5-7-15(8-6-14)16-4-3-9-19-12-16/h3-9,12-13H,10-11H2,1-2H3,(H,20,21,22). The van der Waals surface area contributed by atoms with Crippen LogP contribution in [0.5, 0.6) is 0 Å². The molecule has 1 aromatic carbocycles. The van der Waals surface area contributed by atoms with Crippen molar-refractivity contribution >= 4 is 16.7 Å². The molecule has 3 aromatic rings. The van der Waals surface area contributed by atoms with E-state index in [1.165, 1.54) is 22.7 Å². The quantitative estimate of drug-likeness (QED) is 0.729. The summed E-state index contributed by atoms with van der Waals surface area (Å²) in [6, 6.07) is 12.5. The Morgan fingerprint density at radius 2 is 1.91 bits per heavy atom. The zero-order chi connectivity index (χ0) is 16.1. The highest BCUT2D eigenvalue weighted by molar-refractivity contribution is 7.09. The van der Waals surface area contributed by atoms with Gasteiger partial charge in [-0.05, 0) is 28.7 Å². The van der Waals surface area contributed by atoms with E-state index in [0.717, 1.165) is 29.5 Å². The molecule has 0 atom stereocenters. The van der Waals surface area contributed by atoms with E-state index >= 15 is 0 Å². The second-order valence-corrected chi connectivity index (χ2v) is 6.66. The Kier molecular flexibility index (Phi) is 4.98. The molecule has 0 saturated heterocycles. The smallest absolute Gasteiger partial charge is 0.202 e. The van der Waals surface area contributed by atoms with Crippen LogP contribution in [-0.4, -0.2) is 14.3 Å². The molecule has 2 heterocycles. The SMILES string of the molecule is CC(C)Cc1nsc(NCc2ccc(-c3cccnc3)cc2)n1. The fourth-order valence-corrected chi connectivity index (χ4v) is 2.89. The molecule has 2 aromatic heterocycles. The molecule has 0 spiro atoms. The molecule has 0 fully saturated rings. The number of pyridine rings is 1. The summed E-state index contributed by atoms with van der Waals surface area (Å²) < 4.78 is 4.38. The minimum atomic E-state index is 0.581. The van der Waals surface area contributed by atoms with Gasteiger partial charge in [-0.1, -0.05) is 44.2 Å². The summed E-state index contributed by atoms with van der Waals surface area (Å²) in [7, 11) is 0. The highest BCUT2D eigenvalue weighted by atomic mass is 32.1. The van der Waals surface area contributed by atoms with Crippen molar-refractivity contribution in [2.24, 2.45) is 5.92 Å². The Bertz CT molecular complexity index is 735. The van der Waals surface area contributed by atoms with Crippen molar-refractivity contribution in [2.75, 3.05) is 5.32 Å². The van der Waals surface area contributed by atoms with Gasteiger partial charge in [0.2, 0.25) is 5.13 Å². The highest BCUT2D eigenvalue weighted by Gasteiger charge is 2.06. The monoisotopic (exact) mass is 324 g/mol. The average Bonchev–Trinajstić information content (AvgIpc) is 3.01. The van der Waals surface area contributed by atoms with Crippen LogP contribution >= 0.6 is 11.5 Å². The van der Waals surface area contributed by atoms with E-state index in [-0.39, 0.29) is 0 Å².